The van der Waals surface area contributed by atoms with Crippen molar-refractivity contribution in [2.24, 2.45) is 0 Å². The molecule has 0 saturated carbocycles. The van der Waals surface area contributed by atoms with Crippen LogP contribution in [0.4, 0.5) is 0 Å². The number of aromatic nitrogens is 3. The van der Waals surface area contributed by atoms with E-state index >= 15 is 0 Å². The SMILES string of the molecule is Cc1cnn(C[C@H]2CCCCN2C(=O)c2cc(C)on2)c1. The van der Waals surface area contributed by atoms with Crippen LogP contribution in [0.1, 0.15) is 41.1 Å². The third kappa shape index (κ3) is 2.99. The maximum atomic E-state index is 12.6. The Bertz CT molecular complexity index is 631. The van der Waals surface area contributed by atoms with Crippen molar-refractivity contribution in [2.75, 3.05) is 6.54 Å². The summed E-state index contributed by atoms with van der Waals surface area (Å²) in [4.78, 5) is 14.5. The van der Waals surface area contributed by atoms with Crippen molar-refractivity contribution >= 4 is 5.91 Å². The van der Waals surface area contributed by atoms with E-state index in [2.05, 4.69) is 10.3 Å². The van der Waals surface area contributed by atoms with Crippen LogP contribution in [0.15, 0.2) is 23.0 Å². The predicted octanol–water partition coefficient (Wildman–Crippen LogP) is 2.18. The van der Waals surface area contributed by atoms with Crippen LogP contribution in [-0.4, -0.2) is 38.3 Å². The van der Waals surface area contributed by atoms with Gasteiger partial charge in [-0.1, -0.05) is 5.16 Å². The summed E-state index contributed by atoms with van der Waals surface area (Å²) < 4.78 is 6.93. The minimum absolute atomic E-state index is 0.0413. The lowest BCUT2D eigenvalue weighted by Crippen LogP contribution is -2.46. The molecule has 3 rings (SSSR count). The van der Waals surface area contributed by atoms with E-state index in [0.717, 1.165) is 37.9 Å². The third-order valence-electron chi connectivity index (χ3n) is 3.90. The number of piperidine rings is 1. The normalized spacial score (nSPS) is 19.0. The van der Waals surface area contributed by atoms with Gasteiger partial charge in [0.1, 0.15) is 5.76 Å². The van der Waals surface area contributed by atoms with Gasteiger partial charge >= 0.3 is 0 Å². The molecule has 2 aromatic rings. The lowest BCUT2D eigenvalue weighted by Gasteiger charge is -2.35. The molecule has 3 heterocycles. The van der Waals surface area contributed by atoms with Crippen molar-refractivity contribution in [1.82, 2.24) is 19.8 Å². The molecule has 0 radical (unpaired) electrons. The Balaban J connectivity index is 1.76. The molecule has 21 heavy (non-hydrogen) atoms. The molecule has 0 spiro atoms. The van der Waals surface area contributed by atoms with Crippen LogP contribution >= 0.6 is 0 Å². The molecule has 112 valence electrons. The van der Waals surface area contributed by atoms with E-state index in [1.54, 1.807) is 13.0 Å². The van der Waals surface area contributed by atoms with Gasteiger partial charge in [-0.05, 0) is 38.7 Å². The number of rotatable bonds is 3. The van der Waals surface area contributed by atoms with Gasteiger partial charge in [0.25, 0.3) is 5.91 Å². The number of aryl methyl sites for hydroxylation is 2. The minimum Gasteiger partial charge on any atom is -0.361 e. The Morgan fingerprint density at radius 3 is 2.95 bits per heavy atom. The van der Waals surface area contributed by atoms with Crippen LogP contribution in [0.3, 0.4) is 0 Å². The zero-order chi connectivity index (χ0) is 14.8. The fourth-order valence-corrected chi connectivity index (χ4v) is 2.85. The van der Waals surface area contributed by atoms with Gasteiger partial charge in [-0.2, -0.15) is 5.10 Å². The van der Waals surface area contributed by atoms with E-state index in [9.17, 15) is 4.79 Å². The van der Waals surface area contributed by atoms with E-state index in [0.29, 0.717) is 11.5 Å². The monoisotopic (exact) mass is 288 g/mol. The molecule has 0 aromatic carbocycles. The highest BCUT2D eigenvalue weighted by Crippen LogP contribution is 2.21. The van der Waals surface area contributed by atoms with Crippen LogP contribution in [0.25, 0.3) is 0 Å². The Morgan fingerprint density at radius 2 is 2.29 bits per heavy atom. The molecule has 6 heteroatoms. The van der Waals surface area contributed by atoms with Crippen molar-refractivity contribution in [3.05, 3.63) is 35.5 Å². The highest BCUT2D eigenvalue weighted by Gasteiger charge is 2.29. The average molecular weight is 288 g/mol. The van der Waals surface area contributed by atoms with E-state index in [4.69, 9.17) is 4.52 Å². The number of carbonyl (C=O) groups is 1. The zero-order valence-electron chi connectivity index (χ0n) is 12.5. The second kappa shape index (κ2) is 5.71. The molecular weight excluding hydrogens is 268 g/mol. The molecule has 2 aromatic heterocycles. The number of likely N-dealkylation sites (tertiary alicyclic amines) is 1. The molecule has 0 unspecified atom stereocenters. The fraction of sp³-hybridized carbons (Fsp3) is 0.533. The van der Waals surface area contributed by atoms with Crippen molar-refractivity contribution in [1.29, 1.82) is 0 Å². The van der Waals surface area contributed by atoms with Crippen molar-refractivity contribution < 1.29 is 9.32 Å². The number of nitrogens with zero attached hydrogens (tertiary/aromatic N) is 4. The molecule has 0 bridgehead atoms. The van der Waals surface area contributed by atoms with Gasteiger partial charge in [0, 0.05) is 18.8 Å². The van der Waals surface area contributed by atoms with E-state index in [-0.39, 0.29) is 11.9 Å². The topological polar surface area (TPSA) is 64.2 Å². The van der Waals surface area contributed by atoms with Crippen LogP contribution in [0, 0.1) is 13.8 Å². The summed E-state index contributed by atoms with van der Waals surface area (Å²) in [6, 6.07) is 1.87. The Kier molecular flexibility index (Phi) is 3.77. The second-order valence-electron chi connectivity index (χ2n) is 5.71. The van der Waals surface area contributed by atoms with Crippen molar-refractivity contribution in [2.45, 2.75) is 45.7 Å². The molecule has 0 aliphatic carbocycles. The summed E-state index contributed by atoms with van der Waals surface area (Å²) >= 11 is 0. The summed E-state index contributed by atoms with van der Waals surface area (Å²) in [6.45, 7) is 5.32. The molecule has 6 nitrogen and oxygen atoms in total. The minimum atomic E-state index is -0.0413. The van der Waals surface area contributed by atoms with Gasteiger partial charge in [-0.3, -0.25) is 9.48 Å². The first-order chi connectivity index (χ1) is 10.1. The first kappa shape index (κ1) is 13.9. The van der Waals surface area contributed by atoms with Crippen LogP contribution < -0.4 is 0 Å². The van der Waals surface area contributed by atoms with E-state index in [1.165, 1.54) is 0 Å². The Morgan fingerprint density at radius 1 is 1.43 bits per heavy atom. The van der Waals surface area contributed by atoms with Gasteiger partial charge in [0.05, 0.1) is 18.8 Å². The maximum absolute atomic E-state index is 12.6. The van der Waals surface area contributed by atoms with E-state index < -0.39 is 0 Å². The van der Waals surface area contributed by atoms with Crippen molar-refractivity contribution in [3.63, 3.8) is 0 Å². The Labute approximate surface area is 123 Å². The standard InChI is InChI=1S/C15H20N4O2/c1-11-8-16-18(9-11)10-13-5-3-4-6-19(13)15(20)14-7-12(2)21-17-14/h7-9,13H,3-6,10H2,1-2H3/t13-/m1/s1. The quantitative estimate of drug-likeness (QED) is 0.868. The highest BCUT2D eigenvalue weighted by atomic mass is 16.5. The lowest BCUT2D eigenvalue weighted by atomic mass is 10.0. The highest BCUT2D eigenvalue weighted by molar-refractivity contribution is 5.92. The van der Waals surface area contributed by atoms with E-state index in [1.807, 2.05) is 28.9 Å². The fourth-order valence-electron chi connectivity index (χ4n) is 2.85. The van der Waals surface area contributed by atoms with Crippen molar-refractivity contribution in [3.8, 4) is 0 Å². The summed E-state index contributed by atoms with van der Waals surface area (Å²) in [5, 5.41) is 8.17. The summed E-state index contributed by atoms with van der Waals surface area (Å²) in [5.41, 5.74) is 1.53. The van der Waals surface area contributed by atoms with Crippen LogP contribution in [0.2, 0.25) is 0 Å². The second-order valence-corrected chi connectivity index (χ2v) is 5.71. The Hall–Kier alpha value is -2.11. The van der Waals surface area contributed by atoms with Crippen LogP contribution in [0.5, 0.6) is 0 Å². The summed E-state index contributed by atoms with van der Waals surface area (Å²) in [5.74, 6) is 0.620. The first-order valence-electron chi connectivity index (χ1n) is 7.37. The van der Waals surface area contributed by atoms with Gasteiger partial charge in [0.2, 0.25) is 0 Å². The zero-order valence-corrected chi connectivity index (χ0v) is 12.5. The van der Waals surface area contributed by atoms with Gasteiger partial charge in [0.15, 0.2) is 5.69 Å². The van der Waals surface area contributed by atoms with Gasteiger partial charge in [-0.15, -0.1) is 0 Å². The molecule has 1 aliphatic rings. The molecule has 1 aliphatic heterocycles. The number of carbonyl (C=O) groups excluding carboxylic acids is 1. The lowest BCUT2D eigenvalue weighted by molar-refractivity contribution is 0.0573. The number of hydrogen-bond acceptors (Lipinski definition) is 4. The first-order valence-corrected chi connectivity index (χ1v) is 7.37. The molecule has 1 fully saturated rings. The molecule has 1 amide bonds. The van der Waals surface area contributed by atoms with Gasteiger partial charge in [-0.25, -0.2) is 0 Å². The summed E-state index contributed by atoms with van der Waals surface area (Å²) in [6.07, 6.45) is 7.04. The predicted molar refractivity (Wildman–Crippen MR) is 76.9 cm³/mol. The third-order valence-corrected chi connectivity index (χ3v) is 3.90. The molecular formula is C15H20N4O2. The molecule has 1 atom stereocenters. The van der Waals surface area contributed by atoms with Crippen LogP contribution in [-0.2, 0) is 6.54 Å². The number of hydrogen-bond donors (Lipinski definition) is 0. The summed E-state index contributed by atoms with van der Waals surface area (Å²) in [7, 11) is 0. The largest absolute Gasteiger partial charge is 0.361 e. The molecule has 0 N–H and O–H groups in total. The maximum Gasteiger partial charge on any atom is 0.276 e. The number of amides is 1. The van der Waals surface area contributed by atoms with Gasteiger partial charge < -0.3 is 9.42 Å². The average Bonchev–Trinajstić information content (AvgIpc) is 3.08. The smallest absolute Gasteiger partial charge is 0.276 e. The molecule has 1 saturated heterocycles.